The molecule has 4 aliphatic heterocycles. The van der Waals surface area contributed by atoms with Gasteiger partial charge in [0.1, 0.15) is 23.7 Å². The molecule has 2 N–H and O–H groups in total. The number of halogens is 1. The van der Waals surface area contributed by atoms with Crippen LogP contribution in [0, 0.1) is 17.8 Å². The number of ether oxygens (including phenoxy) is 5. The van der Waals surface area contributed by atoms with E-state index >= 15 is 4.39 Å². The zero-order valence-electron chi connectivity index (χ0n) is 36.6. The molecule has 4 aliphatic rings. The number of carbonyl (C=O) groups is 4. The Morgan fingerprint density at radius 1 is 1.05 bits per heavy atom. The number of aliphatic hydroxyl groups excluding tert-OH is 1. The van der Waals surface area contributed by atoms with Crippen LogP contribution in [-0.2, 0) is 44.6 Å². The van der Waals surface area contributed by atoms with E-state index in [1.54, 1.807) is 52.9 Å². The molecule has 0 unspecified atom stereocenters. The number of aliphatic hydroxyl groups is 1. The first-order valence-corrected chi connectivity index (χ1v) is 20.9. The number of fused-ring (bicyclic) bond motifs is 2. The predicted molar refractivity (Wildman–Crippen MR) is 215 cm³/mol. The van der Waals surface area contributed by atoms with Crippen LogP contribution in [0.1, 0.15) is 80.2 Å². The molecule has 0 aliphatic carbocycles. The van der Waals surface area contributed by atoms with Gasteiger partial charge < -0.3 is 38.8 Å². The van der Waals surface area contributed by atoms with Crippen LogP contribution in [0.25, 0.3) is 11.0 Å². The van der Waals surface area contributed by atoms with Gasteiger partial charge >= 0.3 is 12.1 Å². The number of hydrogen-bond acceptors (Lipinski definition) is 15. The van der Waals surface area contributed by atoms with E-state index in [0.29, 0.717) is 42.7 Å². The number of carbonyl (C=O) groups excluding carboxylic acids is 4. The smallest absolute Gasteiger partial charge is 0.411 e. The Bertz CT molecular complexity index is 1950. The van der Waals surface area contributed by atoms with Crippen molar-refractivity contribution in [3.05, 3.63) is 30.1 Å². The number of nitrogens with zero attached hydrogens (tertiary/aromatic N) is 5. The number of pyridine rings is 2. The van der Waals surface area contributed by atoms with E-state index in [-0.39, 0.29) is 36.5 Å². The minimum Gasteiger partial charge on any atom is -0.506 e. The van der Waals surface area contributed by atoms with Gasteiger partial charge in [-0.05, 0) is 73.2 Å². The highest BCUT2D eigenvalue weighted by molar-refractivity contribution is 6.08. The number of likely N-dealkylation sites (tertiary alicyclic amines) is 1. The van der Waals surface area contributed by atoms with Crippen LogP contribution in [0.2, 0.25) is 0 Å². The lowest BCUT2D eigenvalue weighted by atomic mass is 9.72. The lowest BCUT2D eigenvalue weighted by Crippen LogP contribution is -2.66. The van der Waals surface area contributed by atoms with E-state index in [0.717, 1.165) is 6.92 Å². The van der Waals surface area contributed by atoms with Gasteiger partial charge in [-0.1, -0.05) is 27.7 Å². The summed E-state index contributed by atoms with van der Waals surface area (Å²) in [7, 11) is 5.03. The number of esters is 1. The third kappa shape index (κ3) is 8.13. The van der Waals surface area contributed by atoms with Gasteiger partial charge in [0, 0.05) is 62.3 Å². The van der Waals surface area contributed by atoms with Crippen molar-refractivity contribution in [1.29, 1.82) is 0 Å². The third-order valence-corrected chi connectivity index (χ3v) is 13.5. The molecule has 0 aromatic carbocycles. The van der Waals surface area contributed by atoms with E-state index in [1.807, 2.05) is 30.8 Å². The predicted octanol–water partition coefficient (Wildman–Crippen LogP) is 3.82. The van der Waals surface area contributed by atoms with E-state index in [2.05, 4.69) is 9.97 Å². The summed E-state index contributed by atoms with van der Waals surface area (Å²) < 4.78 is 47.7. The molecule has 4 fully saturated rings. The molecular weight excluding hydrogens is 781 g/mol. The average molecular weight is 844 g/mol. The number of alkyl halides is 1. The molecule has 0 radical (unpaired) electrons. The number of Topliss-reactive ketones (excluding diaryl/α,β-unsaturated/α-hetero) is 2. The van der Waals surface area contributed by atoms with E-state index < -0.39 is 89.2 Å². The second-order valence-corrected chi connectivity index (χ2v) is 18.1. The molecule has 0 spiro atoms. The highest BCUT2D eigenvalue weighted by Crippen LogP contribution is 2.45. The molecule has 6 rings (SSSR count). The first-order chi connectivity index (χ1) is 28.1. The highest BCUT2D eigenvalue weighted by Gasteiger charge is 2.63. The van der Waals surface area contributed by atoms with Crippen LogP contribution in [-0.4, -0.2) is 159 Å². The van der Waals surface area contributed by atoms with Crippen molar-refractivity contribution in [1.82, 2.24) is 24.7 Å². The molecule has 2 aromatic heterocycles. The number of aromatic nitrogens is 2. The summed E-state index contributed by atoms with van der Waals surface area (Å²) in [6, 6.07) is 1.75. The topological polar surface area (TPSA) is 190 Å². The number of cyclic esters (lactones) is 1. The second kappa shape index (κ2) is 17.1. The maximum Gasteiger partial charge on any atom is 0.411 e. The molecule has 4 saturated heterocycles. The van der Waals surface area contributed by atoms with Crippen LogP contribution in [0.15, 0.2) is 24.5 Å². The maximum atomic E-state index is 17.0. The number of ketones is 2. The molecule has 1 amide bonds. The normalized spacial score (nSPS) is 39.0. The number of hydrogen-bond donors (Lipinski definition) is 2. The van der Waals surface area contributed by atoms with Crippen LogP contribution in [0.4, 0.5) is 9.18 Å². The van der Waals surface area contributed by atoms with Gasteiger partial charge in [0.2, 0.25) is 0 Å². The minimum atomic E-state index is -3.20. The third-order valence-electron chi connectivity index (χ3n) is 13.5. The van der Waals surface area contributed by atoms with E-state index in [4.69, 9.17) is 23.7 Å². The molecule has 16 nitrogen and oxygen atoms in total. The summed E-state index contributed by atoms with van der Waals surface area (Å²) in [6.45, 7) is 13.4. The van der Waals surface area contributed by atoms with Crippen molar-refractivity contribution in [3.8, 4) is 5.75 Å². The first kappa shape index (κ1) is 45.7. The van der Waals surface area contributed by atoms with Gasteiger partial charge in [-0.2, -0.15) is 0 Å². The Hall–Kier alpha value is -3.87. The fraction of sp³-hybridized carbons (Fsp3) is 0.721. The van der Waals surface area contributed by atoms with Gasteiger partial charge in [0.25, 0.3) is 5.67 Å². The molecule has 0 saturated carbocycles. The summed E-state index contributed by atoms with van der Waals surface area (Å²) in [5.74, 6) is -5.96. The van der Waals surface area contributed by atoms with Gasteiger partial charge in [0.15, 0.2) is 17.7 Å². The number of amides is 1. The molecule has 13 atom stereocenters. The van der Waals surface area contributed by atoms with Crippen molar-refractivity contribution in [2.75, 3.05) is 34.3 Å². The molecule has 2 aromatic rings. The quantitative estimate of drug-likeness (QED) is 0.288. The molecular formula is C43H62FN5O11. The van der Waals surface area contributed by atoms with Crippen LogP contribution in [0.5, 0.6) is 5.75 Å². The van der Waals surface area contributed by atoms with Crippen LogP contribution in [0.3, 0.4) is 0 Å². The maximum absolute atomic E-state index is 17.0. The lowest BCUT2D eigenvalue weighted by molar-refractivity contribution is -0.295. The van der Waals surface area contributed by atoms with Gasteiger partial charge in [-0.15, -0.1) is 0 Å². The van der Waals surface area contributed by atoms with E-state index in [9.17, 15) is 29.4 Å². The Morgan fingerprint density at radius 3 is 2.37 bits per heavy atom. The Labute approximate surface area is 351 Å². The summed E-state index contributed by atoms with van der Waals surface area (Å²) in [5, 5.41) is 22.2. The number of aromatic hydroxyl groups is 1. The molecule has 17 heteroatoms. The largest absolute Gasteiger partial charge is 0.506 e. The second-order valence-electron chi connectivity index (χ2n) is 18.1. The van der Waals surface area contributed by atoms with Crippen LogP contribution < -0.4 is 0 Å². The molecule has 60 heavy (non-hydrogen) atoms. The van der Waals surface area contributed by atoms with Gasteiger partial charge in [0.05, 0.1) is 47.1 Å². The average Bonchev–Trinajstić information content (AvgIpc) is 3.46. The van der Waals surface area contributed by atoms with Crippen molar-refractivity contribution in [2.24, 2.45) is 17.8 Å². The Kier molecular flexibility index (Phi) is 13.0. The molecule has 6 heterocycles. The number of methoxy groups -OCH3 is 1. The van der Waals surface area contributed by atoms with Gasteiger partial charge in [-0.25, -0.2) is 14.0 Å². The number of rotatable bonds is 8. The van der Waals surface area contributed by atoms with E-state index in [1.165, 1.54) is 25.1 Å². The van der Waals surface area contributed by atoms with Gasteiger partial charge in [-0.3, -0.25) is 29.4 Å². The summed E-state index contributed by atoms with van der Waals surface area (Å²) in [6.07, 6.45) is -2.57. The Morgan fingerprint density at radius 2 is 1.73 bits per heavy atom. The lowest BCUT2D eigenvalue weighted by Gasteiger charge is -2.49. The minimum absolute atomic E-state index is 0.0112. The zero-order valence-corrected chi connectivity index (χ0v) is 36.6. The fourth-order valence-electron chi connectivity index (χ4n) is 10.1. The van der Waals surface area contributed by atoms with Crippen molar-refractivity contribution >= 4 is 34.7 Å². The monoisotopic (exact) mass is 843 g/mol. The first-order valence-electron chi connectivity index (χ1n) is 20.9. The van der Waals surface area contributed by atoms with Crippen molar-refractivity contribution < 1.29 is 57.5 Å². The zero-order chi connectivity index (χ0) is 44.2. The summed E-state index contributed by atoms with van der Waals surface area (Å²) in [4.78, 5) is 71.3. The highest BCUT2D eigenvalue weighted by atomic mass is 19.1. The molecule has 332 valence electrons. The standard InChI is InChI=1S/C43H62FN5O11/c1-12-31-43(8)35(49(40(55)60-43)26-19-48(20-26)21-27-30(50)18-46-28-14-13-15-45-32(27)28)24(4)33(51)22(2)17-41(6,56-11)37(25(5)36(53)42(7,44)39(54)58-31)59-38-34(52)29(47(9)10)16-23(3)57-38/h13-15,18,22-26,29,31,34-35,37-38,50,52H,12,16-17,19-21H2,1-11H3/t22-,23-,24+,25+,29+,31-,34-,35+,37-,38+,41-,42+,43-/m1/s1. The fourth-order valence-corrected chi connectivity index (χ4v) is 10.1. The van der Waals surface area contributed by atoms with Crippen molar-refractivity contribution in [3.63, 3.8) is 0 Å². The SMILES string of the molecule is CC[C@H]1OC(=O)[C@@](C)(F)C(=O)[C@H](C)[C@@H](O[C@@H]2O[C@H](C)C[C@H](N(C)C)[C@H]2O)[C@](C)(OC)C[C@@H](C)C(=O)[C@H](C)[C@@H]2N(C3CN(Cc4c(O)cnc5cccnc45)C3)C(=O)O[C@@]21C. The Balaban J connectivity index is 1.35. The van der Waals surface area contributed by atoms with Crippen molar-refractivity contribution in [2.45, 2.75) is 147 Å². The van der Waals surface area contributed by atoms with Crippen LogP contribution >= 0.6 is 0 Å². The number of likely N-dealkylation sites (N-methyl/N-ethyl adjacent to an activating group) is 1. The summed E-state index contributed by atoms with van der Waals surface area (Å²) >= 11 is 0. The summed E-state index contributed by atoms with van der Waals surface area (Å²) in [5.41, 5.74) is -4.56. The molecule has 0 bridgehead atoms.